The zero-order chi connectivity index (χ0) is 8.60. The molecule has 3 nitrogen and oxygen atoms in total. The molecular weight excluding hydrogens is 156 g/mol. The summed E-state index contributed by atoms with van der Waals surface area (Å²) < 4.78 is 4.99. The van der Waals surface area contributed by atoms with Crippen LogP contribution in [0.15, 0.2) is 0 Å². The summed E-state index contributed by atoms with van der Waals surface area (Å²) in [6.45, 7) is 0. The fourth-order valence-corrected chi connectivity index (χ4v) is 2.24. The second-order valence-corrected chi connectivity index (χ2v) is 3.80. The number of carbonyl (C=O) groups is 1. The minimum absolute atomic E-state index is 0.198. The zero-order valence-electron chi connectivity index (χ0n) is 7.08. The first-order chi connectivity index (χ1) is 5.71. The van der Waals surface area contributed by atoms with Crippen molar-refractivity contribution in [2.75, 3.05) is 0 Å². The Kier molecular flexibility index (Phi) is 1.83. The highest BCUT2D eigenvalue weighted by Gasteiger charge is 2.45. The van der Waals surface area contributed by atoms with Crippen LogP contribution in [0.1, 0.15) is 38.5 Å². The topological polar surface area (TPSA) is 46.5 Å². The average Bonchev–Trinajstić information content (AvgIpc) is 2.02. The molecule has 0 aromatic rings. The summed E-state index contributed by atoms with van der Waals surface area (Å²) in [7, 11) is 0. The van der Waals surface area contributed by atoms with E-state index in [2.05, 4.69) is 0 Å². The van der Waals surface area contributed by atoms with Gasteiger partial charge in [-0.05, 0) is 19.3 Å². The first-order valence-electron chi connectivity index (χ1n) is 4.65. The van der Waals surface area contributed by atoms with Crippen molar-refractivity contribution >= 4 is 5.97 Å². The van der Waals surface area contributed by atoms with E-state index in [1.54, 1.807) is 0 Å². The SMILES string of the molecule is O=C1CC[C@H]2CCCC[C@@]2(O)O1. The van der Waals surface area contributed by atoms with Gasteiger partial charge in [0.1, 0.15) is 0 Å². The molecule has 1 saturated heterocycles. The molecule has 2 fully saturated rings. The lowest BCUT2D eigenvalue weighted by atomic mass is 9.79. The van der Waals surface area contributed by atoms with Gasteiger partial charge in [0.25, 0.3) is 0 Å². The van der Waals surface area contributed by atoms with Crippen LogP contribution in [0.5, 0.6) is 0 Å². The summed E-state index contributed by atoms with van der Waals surface area (Å²) in [6.07, 6.45) is 5.04. The maximum atomic E-state index is 10.9. The molecule has 1 N–H and O–H groups in total. The molecule has 0 radical (unpaired) electrons. The van der Waals surface area contributed by atoms with Crippen molar-refractivity contribution in [3.63, 3.8) is 0 Å². The van der Waals surface area contributed by atoms with E-state index in [1.807, 2.05) is 0 Å². The lowest BCUT2D eigenvalue weighted by Crippen LogP contribution is -2.48. The van der Waals surface area contributed by atoms with Gasteiger partial charge in [0.15, 0.2) is 0 Å². The van der Waals surface area contributed by atoms with E-state index >= 15 is 0 Å². The third kappa shape index (κ3) is 1.22. The van der Waals surface area contributed by atoms with Crippen LogP contribution >= 0.6 is 0 Å². The fraction of sp³-hybridized carbons (Fsp3) is 0.889. The molecule has 2 aliphatic rings. The molecule has 2 rings (SSSR count). The van der Waals surface area contributed by atoms with Crippen molar-refractivity contribution in [3.8, 4) is 0 Å². The predicted molar refractivity (Wildman–Crippen MR) is 42.2 cm³/mol. The number of hydrogen-bond acceptors (Lipinski definition) is 3. The van der Waals surface area contributed by atoms with Gasteiger partial charge < -0.3 is 9.84 Å². The van der Waals surface area contributed by atoms with E-state index in [9.17, 15) is 9.90 Å². The Balaban J connectivity index is 2.12. The van der Waals surface area contributed by atoms with Crippen LogP contribution in [-0.2, 0) is 9.53 Å². The predicted octanol–water partition coefficient (Wildman–Crippen LogP) is 1.20. The van der Waals surface area contributed by atoms with Crippen molar-refractivity contribution in [1.29, 1.82) is 0 Å². The van der Waals surface area contributed by atoms with Crippen molar-refractivity contribution in [2.24, 2.45) is 5.92 Å². The van der Waals surface area contributed by atoms with Gasteiger partial charge in [-0.15, -0.1) is 0 Å². The summed E-state index contributed by atoms with van der Waals surface area (Å²) in [5, 5.41) is 9.92. The maximum Gasteiger partial charge on any atom is 0.308 e. The maximum absolute atomic E-state index is 10.9. The molecule has 1 aliphatic heterocycles. The van der Waals surface area contributed by atoms with Crippen LogP contribution in [0.2, 0.25) is 0 Å². The Labute approximate surface area is 71.7 Å². The molecule has 1 heterocycles. The number of carbonyl (C=O) groups excluding carboxylic acids is 1. The van der Waals surface area contributed by atoms with Crippen molar-refractivity contribution in [2.45, 2.75) is 44.3 Å². The standard InChI is InChI=1S/C9H14O3/c10-8-5-4-7-3-1-2-6-9(7,11)12-8/h7,11H,1-6H2/t7-,9-/m1/s1. The summed E-state index contributed by atoms with van der Waals surface area (Å²) in [5.41, 5.74) is 0. The first-order valence-corrected chi connectivity index (χ1v) is 4.65. The monoisotopic (exact) mass is 170 g/mol. The quantitative estimate of drug-likeness (QED) is 0.556. The van der Waals surface area contributed by atoms with Gasteiger partial charge in [-0.25, -0.2) is 0 Å². The van der Waals surface area contributed by atoms with Crippen LogP contribution in [0.3, 0.4) is 0 Å². The summed E-state index contributed by atoms with van der Waals surface area (Å²) in [6, 6.07) is 0. The van der Waals surface area contributed by atoms with Gasteiger partial charge >= 0.3 is 5.97 Å². The minimum Gasteiger partial charge on any atom is -0.433 e. The van der Waals surface area contributed by atoms with Crippen molar-refractivity contribution in [3.05, 3.63) is 0 Å². The molecule has 0 bridgehead atoms. The fourth-order valence-electron chi connectivity index (χ4n) is 2.24. The Bertz CT molecular complexity index is 202. The van der Waals surface area contributed by atoms with E-state index in [0.717, 1.165) is 25.7 Å². The van der Waals surface area contributed by atoms with Gasteiger partial charge in [-0.3, -0.25) is 4.79 Å². The smallest absolute Gasteiger partial charge is 0.308 e. The second-order valence-electron chi connectivity index (χ2n) is 3.80. The number of rotatable bonds is 0. The molecule has 3 heteroatoms. The van der Waals surface area contributed by atoms with E-state index in [4.69, 9.17) is 4.74 Å². The molecule has 2 atom stereocenters. The number of aliphatic hydroxyl groups is 1. The lowest BCUT2D eigenvalue weighted by molar-refractivity contribution is -0.256. The number of ether oxygens (including phenoxy) is 1. The molecule has 0 amide bonds. The molecule has 1 aliphatic carbocycles. The van der Waals surface area contributed by atoms with Crippen LogP contribution in [-0.4, -0.2) is 16.9 Å². The van der Waals surface area contributed by atoms with Crippen LogP contribution in [0, 0.1) is 5.92 Å². The molecule has 0 spiro atoms. The van der Waals surface area contributed by atoms with Crippen molar-refractivity contribution in [1.82, 2.24) is 0 Å². The molecule has 0 aromatic carbocycles. The first kappa shape index (κ1) is 8.05. The number of hydrogen-bond donors (Lipinski definition) is 1. The Morgan fingerprint density at radius 2 is 2.25 bits per heavy atom. The third-order valence-corrected chi connectivity index (χ3v) is 2.96. The molecule has 12 heavy (non-hydrogen) atoms. The van der Waals surface area contributed by atoms with Crippen LogP contribution in [0.4, 0.5) is 0 Å². The Morgan fingerprint density at radius 1 is 1.42 bits per heavy atom. The van der Waals surface area contributed by atoms with Gasteiger partial charge in [0.2, 0.25) is 5.79 Å². The van der Waals surface area contributed by atoms with Crippen LogP contribution in [0.25, 0.3) is 0 Å². The highest BCUT2D eigenvalue weighted by molar-refractivity contribution is 5.70. The summed E-state index contributed by atoms with van der Waals surface area (Å²) in [4.78, 5) is 10.9. The third-order valence-electron chi connectivity index (χ3n) is 2.96. The summed E-state index contributed by atoms with van der Waals surface area (Å²) >= 11 is 0. The van der Waals surface area contributed by atoms with Crippen molar-refractivity contribution < 1.29 is 14.6 Å². The number of fused-ring (bicyclic) bond motifs is 1. The minimum atomic E-state index is -1.10. The lowest BCUT2D eigenvalue weighted by Gasteiger charge is -2.41. The molecule has 0 aromatic heterocycles. The molecular formula is C9H14O3. The van der Waals surface area contributed by atoms with Gasteiger partial charge in [0, 0.05) is 18.8 Å². The highest BCUT2D eigenvalue weighted by Crippen LogP contribution is 2.40. The van der Waals surface area contributed by atoms with Crippen LogP contribution < -0.4 is 0 Å². The number of esters is 1. The van der Waals surface area contributed by atoms with E-state index in [0.29, 0.717) is 12.8 Å². The van der Waals surface area contributed by atoms with E-state index in [-0.39, 0.29) is 11.9 Å². The molecule has 0 unspecified atom stereocenters. The van der Waals surface area contributed by atoms with E-state index in [1.165, 1.54) is 0 Å². The van der Waals surface area contributed by atoms with E-state index < -0.39 is 5.79 Å². The normalized spacial score (nSPS) is 41.8. The summed E-state index contributed by atoms with van der Waals surface area (Å²) in [5.74, 6) is -1.15. The Hall–Kier alpha value is -0.570. The molecule has 68 valence electrons. The molecule has 1 saturated carbocycles. The Morgan fingerprint density at radius 3 is 3.08 bits per heavy atom. The highest BCUT2D eigenvalue weighted by atomic mass is 16.7. The largest absolute Gasteiger partial charge is 0.433 e. The van der Waals surface area contributed by atoms with Gasteiger partial charge in [-0.2, -0.15) is 0 Å². The van der Waals surface area contributed by atoms with Gasteiger partial charge in [-0.1, -0.05) is 6.42 Å². The average molecular weight is 170 g/mol. The van der Waals surface area contributed by atoms with Gasteiger partial charge in [0.05, 0.1) is 0 Å². The second kappa shape index (κ2) is 2.73. The zero-order valence-corrected chi connectivity index (χ0v) is 7.08.